The molecule has 0 aliphatic carbocycles. The van der Waals surface area contributed by atoms with Crippen LogP contribution in [0.15, 0.2) is 30.3 Å². The lowest BCUT2D eigenvalue weighted by Crippen LogP contribution is -2.50. The Morgan fingerprint density at radius 2 is 1.88 bits per heavy atom. The van der Waals surface area contributed by atoms with Crippen LogP contribution in [-0.4, -0.2) is 65.5 Å². The average Bonchev–Trinajstić information content (AvgIpc) is 2.98. The maximum Gasteiger partial charge on any atom is 0.320 e. The van der Waals surface area contributed by atoms with Gasteiger partial charge in [-0.15, -0.1) is 0 Å². The number of hydrogen-bond acceptors (Lipinski definition) is 4. The molecule has 3 rings (SSSR count). The highest BCUT2D eigenvalue weighted by atomic mass is 16.5. The Morgan fingerprint density at radius 1 is 1.17 bits per heavy atom. The van der Waals surface area contributed by atoms with Gasteiger partial charge in [-0.25, -0.2) is 0 Å². The van der Waals surface area contributed by atoms with Gasteiger partial charge in [0.25, 0.3) is 5.91 Å². The second-order valence-electron chi connectivity index (χ2n) is 6.38. The number of ether oxygens (including phenoxy) is 1. The number of fused-ring (bicyclic) bond motifs is 1. The highest BCUT2D eigenvalue weighted by molar-refractivity contribution is 5.98. The third kappa shape index (κ3) is 3.76. The van der Waals surface area contributed by atoms with Crippen LogP contribution in [0.5, 0.6) is 0 Å². The molecular formula is C18H23N3O3. The molecule has 0 bridgehead atoms. The first-order valence-corrected chi connectivity index (χ1v) is 8.32. The third-order valence-corrected chi connectivity index (χ3v) is 4.14. The van der Waals surface area contributed by atoms with Gasteiger partial charge in [0.2, 0.25) is 0 Å². The van der Waals surface area contributed by atoms with Gasteiger partial charge in [-0.2, -0.15) is 0 Å². The van der Waals surface area contributed by atoms with Gasteiger partial charge in [0, 0.05) is 37.1 Å². The summed E-state index contributed by atoms with van der Waals surface area (Å²) >= 11 is 0. The molecule has 128 valence electrons. The Kier molecular flexibility index (Phi) is 4.85. The molecule has 0 spiro atoms. The lowest BCUT2D eigenvalue weighted by Gasteiger charge is -2.34. The van der Waals surface area contributed by atoms with E-state index in [1.807, 2.05) is 54.0 Å². The molecule has 1 aromatic heterocycles. The van der Waals surface area contributed by atoms with E-state index in [1.165, 1.54) is 0 Å². The lowest BCUT2D eigenvalue weighted by molar-refractivity contribution is -0.149. The Hall–Kier alpha value is -2.34. The Bertz CT molecular complexity index is 697. The number of para-hydroxylation sites is 1. The Labute approximate surface area is 141 Å². The second-order valence-corrected chi connectivity index (χ2v) is 6.38. The quantitative estimate of drug-likeness (QED) is 0.870. The van der Waals surface area contributed by atoms with Gasteiger partial charge >= 0.3 is 5.97 Å². The number of benzene rings is 1. The fourth-order valence-corrected chi connectivity index (χ4v) is 2.95. The number of nitrogens with one attached hydrogen (secondary N) is 1. The summed E-state index contributed by atoms with van der Waals surface area (Å²) in [4.78, 5) is 31.4. The highest BCUT2D eigenvalue weighted by Crippen LogP contribution is 2.16. The van der Waals surface area contributed by atoms with E-state index < -0.39 is 0 Å². The van der Waals surface area contributed by atoms with Gasteiger partial charge in [-0.3, -0.25) is 14.5 Å². The number of aromatic amines is 1. The number of piperazine rings is 1. The first-order chi connectivity index (χ1) is 11.5. The molecule has 2 heterocycles. The summed E-state index contributed by atoms with van der Waals surface area (Å²) in [7, 11) is 0. The molecule has 0 saturated carbocycles. The largest absolute Gasteiger partial charge is 0.462 e. The van der Waals surface area contributed by atoms with Crippen LogP contribution < -0.4 is 0 Å². The van der Waals surface area contributed by atoms with Crippen LogP contribution in [0.1, 0.15) is 24.3 Å². The van der Waals surface area contributed by atoms with E-state index in [1.54, 1.807) is 0 Å². The Morgan fingerprint density at radius 3 is 2.54 bits per heavy atom. The minimum Gasteiger partial charge on any atom is -0.462 e. The average molecular weight is 329 g/mol. The Balaban J connectivity index is 1.56. The van der Waals surface area contributed by atoms with E-state index >= 15 is 0 Å². The third-order valence-electron chi connectivity index (χ3n) is 4.14. The zero-order valence-corrected chi connectivity index (χ0v) is 14.1. The molecule has 0 unspecified atom stereocenters. The summed E-state index contributed by atoms with van der Waals surface area (Å²) in [6.45, 7) is 6.56. The smallest absolute Gasteiger partial charge is 0.320 e. The number of carbonyl (C=O) groups is 2. The predicted molar refractivity (Wildman–Crippen MR) is 91.9 cm³/mol. The standard InChI is InChI=1S/C18H23N3O3/c1-13(2)24-17(22)12-20-7-9-21(10-8-20)18(23)16-11-14-5-3-4-6-15(14)19-16/h3-6,11,13,19H,7-10,12H2,1-2H3. The second kappa shape index (κ2) is 7.05. The summed E-state index contributed by atoms with van der Waals surface area (Å²) in [5, 5.41) is 1.04. The van der Waals surface area contributed by atoms with E-state index in [-0.39, 0.29) is 24.5 Å². The van der Waals surface area contributed by atoms with E-state index in [2.05, 4.69) is 4.98 Å². The number of rotatable bonds is 4. The van der Waals surface area contributed by atoms with Crippen molar-refractivity contribution in [2.75, 3.05) is 32.7 Å². The predicted octanol–water partition coefficient (Wildman–Crippen LogP) is 1.88. The van der Waals surface area contributed by atoms with Gasteiger partial charge in [0.05, 0.1) is 12.6 Å². The summed E-state index contributed by atoms with van der Waals surface area (Å²) in [5.41, 5.74) is 1.58. The van der Waals surface area contributed by atoms with Crippen LogP contribution in [0.2, 0.25) is 0 Å². The highest BCUT2D eigenvalue weighted by Gasteiger charge is 2.24. The molecule has 6 nitrogen and oxygen atoms in total. The van der Waals surface area contributed by atoms with Crippen molar-refractivity contribution >= 4 is 22.8 Å². The van der Waals surface area contributed by atoms with Crippen LogP contribution in [-0.2, 0) is 9.53 Å². The minimum absolute atomic E-state index is 0.00982. The summed E-state index contributed by atoms with van der Waals surface area (Å²) in [6, 6.07) is 9.75. The number of carbonyl (C=O) groups excluding carboxylic acids is 2. The topological polar surface area (TPSA) is 65.6 Å². The fraction of sp³-hybridized carbons (Fsp3) is 0.444. The van der Waals surface area contributed by atoms with Crippen molar-refractivity contribution < 1.29 is 14.3 Å². The molecule has 1 fully saturated rings. The summed E-state index contributed by atoms with van der Waals surface area (Å²) < 4.78 is 5.16. The van der Waals surface area contributed by atoms with Crippen LogP contribution in [0.3, 0.4) is 0 Å². The van der Waals surface area contributed by atoms with Crippen molar-refractivity contribution in [2.45, 2.75) is 20.0 Å². The van der Waals surface area contributed by atoms with Gasteiger partial charge in [0.15, 0.2) is 0 Å². The van der Waals surface area contributed by atoms with E-state index in [9.17, 15) is 9.59 Å². The van der Waals surface area contributed by atoms with Crippen molar-refractivity contribution in [3.05, 3.63) is 36.0 Å². The molecule has 1 aliphatic rings. The minimum atomic E-state index is -0.208. The molecule has 2 aromatic rings. The zero-order valence-electron chi connectivity index (χ0n) is 14.1. The molecule has 1 amide bonds. The molecule has 24 heavy (non-hydrogen) atoms. The van der Waals surface area contributed by atoms with Crippen LogP contribution in [0.4, 0.5) is 0 Å². The van der Waals surface area contributed by atoms with Gasteiger partial charge in [-0.1, -0.05) is 18.2 Å². The molecule has 1 aliphatic heterocycles. The van der Waals surface area contributed by atoms with Crippen molar-refractivity contribution in [2.24, 2.45) is 0 Å². The summed E-state index contributed by atoms with van der Waals surface area (Å²) in [5.74, 6) is -0.198. The van der Waals surface area contributed by atoms with Crippen molar-refractivity contribution in [1.82, 2.24) is 14.8 Å². The molecule has 1 saturated heterocycles. The van der Waals surface area contributed by atoms with Crippen LogP contribution in [0, 0.1) is 0 Å². The van der Waals surface area contributed by atoms with E-state index in [0.29, 0.717) is 31.9 Å². The first-order valence-electron chi connectivity index (χ1n) is 8.32. The van der Waals surface area contributed by atoms with Crippen LogP contribution in [0.25, 0.3) is 10.9 Å². The van der Waals surface area contributed by atoms with E-state index in [0.717, 1.165) is 10.9 Å². The van der Waals surface area contributed by atoms with Crippen molar-refractivity contribution in [3.8, 4) is 0 Å². The molecule has 6 heteroatoms. The fourth-order valence-electron chi connectivity index (χ4n) is 2.95. The molecule has 1 N–H and O–H groups in total. The normalized spacial score (nSPS) is 15.9. The molecule has 0 atom stereocenters. The zero-order chi connectivity index (χ0) is 17.1. The monoisotopic (exact) mass is 329 g/mol. The van der Waals surface area contributed by atoms with Gasteiger partial charge in [0.1, 0.15) is 5.69 Å². The number of H-pyrrole nitrogens is 1. The molecule has 0 radical (unpaired) electrons. The summed E-state index contributed by atoms with van der Waals surface area (Å²) in [6.07, 6.45) is -0.0950. The maximum atomic E-state index is 12.6. The number of nitrogens with zero attached hydrogens (tertiary/aromatic N) is 2. The SMILES string of the molecule is CC(C)OC(=O)CN1CCN(C(=O)c2cc3ccccc3[nH]2)CC1. The van der Waals surface area contributed by atoms with Crippen LogP contribution >= 0.6 is 0 Å². The van der Waals surface area contributed by atoms with Gasteiger partial charge < -0.3 is 14.6 Å². The van der Waals surface area contributed by atoms with Gasteiger partial charge in [-0.05, 0) is 26.0 Å². The van der Waals surface area contributed by atoms with E-state index in [4.69, 9.17) is 4.74 Å². The number of aromatic nitrogens is 1. The van der Waals surface area contributed by atoms with Crippen molar-refractivity contribution in [1.29, 1.82) is 0 Å². The number of hydrogen-bond donors (Lipinski definition) is 1. The number of esters is 1. The lowest BCUT2D eigenvalue weighted by atomic mass is 10.2. The molecule has 1 aromatic carbocycles. The maximum absolute atomic E-state index is 12.6. The van der Waals surface area contributed by atoms with Crippen molar-refractivity contribution in [3.63, 3.8) is 0 Å². The number of amides is 1. The first kappa shape index (κ1) is 16.5. The molecular weight excluding hydrogens is 306 g/mol.